The molecule has 1 aromatic carbocycles. The highest BCUT2D eigenvalue weighted by Gasteiger charge is 2.37. The van der Waals surface area contributed by atoms with Gasteiger partial charge < -0.3 is 18.6 Å². The molecule has 0 fully saturated rings. The van der Waals surface area contributed by atoms with E-state index in [2.05, 4.69) is 33.9 Å². The van der Waals surface area contributed by atoms with Crippen molar-refractivity contribution in [1.29, 1.82) is 0 Å². The fourth-order valence-electron chi connectivity index (χ4n) is 2.22. The smallest absolute Gasteiger partial charge is 0.308 e. The van der Waals surface area contributed by atoms with Gasteiger partial charge in [0.05, 0.1) is 20.8 Å². The molecule has 7 heteroatoms. The van der Waals surface area contributed by atoms with E-state index in [9.17, 15) is 9.59 Å². The Morgan fingerprint density at radius 1 is 1.04 bits per heavy atom. The minimum Gasteiger partial charge on any atom is -0.493 e. The van der Waals surface area contributed by atoms with Crippen molar-refractivity contribution in [3.8, 4) is 11.5 Å². The molecule has 0 saturated carbocycles. The second-order valence-electron chi connectivity index (χ2n) is 7.99. The normalized spacial score (nSPS) is 11.9. The van der Waals surface area contributed by atoms with Crippen molar-refractivity contribution in [1.82, 2.24) is 0 Å². The van der Waals surface area contributed by atoms with Crippen LogP contribution in [-0.2, 0) is 31.8 Å². The number of hydrogen-bond acceptors (Lipinski definition) is 6. The van der Waals surface area contributed by atoms with Gasteiger partial charge in [-0.1, -0.05) is 20.8 Å². The van der Waals surface area contributed by atoms with Gasteiger partial charge in [0.15, 0.2) is 19.8 Å². The molecule has 1 rings (SSSR count). The van der Waals surface area contributed by atoms with Gasteiger partial charge in [-0.3, -0.25) is 9.59 Å². The van der Waals surface area contributed by atoms with Crippen LogP contribution in [0.2, 0.25) is 18.1 Å². The van der Waals surface area contributed by atoms with Crippen molar-refractivity contribution in [3.05, 3.63) is 23.3 Å². The molecule has 27 heavy (non-hydrogen) atoms. The maximum atomic E-state index is 11.6. The Morgan fingerprint density at radius 2 is 1.63 bits per heavy atom. The molecule has 0 saturated heterocycles. The van der Waals surface area contributed by atoms with Crippen molar-refractivity contribution in [2.75, 3.05) is 14.2 Å². The van der Waals surface area contributed by atoms with E-state index in [1.165, 1.54) is 21.1 Å². The quantitative estimate of drug-likeness (QED) is 0.372. The fourth-order valence-corrected chi connectivity index (χ4v) is 3.17. The zero-order valence-corrected chi connectivity index (χ0v) is 18.7. The van der Waals surface area contributed by atoms with Gasteiger partial charge in [0.1, 0.15) is 0 Å². The molecule has 0 bridgehead atoms. The van der Waals surface area contributed by atoms with Crippen molar-refractivity contribution < 1.29 is 28.2 Å². The average Bonchev–Trinajstić information content (AvgIpc) is 2.56. The average molecular weight is 397 g/mol. The summed E-state index contributed by atoms with van der Waals surface area (Å²) in [4.78, 5) is 23.0. The Morgan fingerprint density at radius 3 is 2.11 bits per heavy atom. The zero-order chi connectivity index (χ0) is 20.8. The van der Waals surface area contributed by atoms with Crippen LogP contribution in [0.25, 0.3) is 0 Å². The van der Waals surface area contributed by atoms with Gasteiger partial charge in [-0.25, -0.2) is 0 Å². The Labute approximate surface area is 163 Å². The van der Waals surface area contributed by atoms with Crippen molar-refractivity contribution >= 4 is 20.3 Å². The van der Waals surface area contributed by atoms with Gasteiger partial charge in [-0.15, -0.1) is 0 Å². The van der Waals surface area contributed by atoms with E-state index in [1.807, 2.05) is 6.07 Å². The lowest BCUT2D eigenvalue weighted by Gasteiger charge is -2.36. The number of methoxy groups -OCH3 is 2. The maximum Gasteiger partial charge on any atom is 0.308 e. The monoisotopic (exact) mass is 396 g/mol. The first-order valence-corrected chi connectivity index (χ1v) is 11.9. The van der Waals surface area contributed by atoms with Crippen LogP contribution < -0.4 is 9.47 Å². The number of hydrogen-bond donors (Lipinski definition) is 0. The molecule has 6 nitrogen and oxygen atoms in total. The van der Waals surface area contributed by atoms with E-state index in [0.29, 0.717) is 24.5 Å². The summed E-state index contributed by atoms with van der Waals surface area (Å²) < 4.78 is 21.7. The highest BCUT2D eigenvalue weighted by molar-refractivity contribution is 6.74. The zero-order valence-electron chi connectivity index (χ0n) is 17.7. The molecule has 0 N–H and O–H groups in total. The van der Waals surface area contributed by atoms with Gasteiger partial charge in [-0.05, 0) is 47.8 Å². The van der Waals surface area contributed by atoms with E-state index in [4.69, 9.17) is 18.6 Å². The molecule has 0 atom stereocenters. The first-order chi connectivity index (χ1) is 12.4. The molecule has 0 heterocycles. The topological polar surface area (TPSA) is 71.1 Å². The number of aryl methyl sites for hydroxylation is 1. The van der Waals surface area contributed by atoms with Crippen LogP contribution in [0.1, 0.15) is 45.2 Å². The third-order valence-corrected chi connectivity index (χ3v) is 9.44. The van der Waals surface area contributed by atoms with E-state index in [0.717, 1.165) is 11.1 Å². The molecule has 1 aromatic rings. The van der Waals surface area contributed by atoms with Gasteiger partial charge in [-0.2, -0.15) is 0 Å². The van der Waals surface area contributed by atoms with Crippen LogP contribution >= 0.6 is 0 Å². The standard InChI is InChI=1S/C20H32O6Si/c1-14(21)26-18-11-15(9-10-19(22)24-6)16(12-17(18)23-5)13-25-27(7,8)20(2,3)4/h11-12H,9-10,13H2,1-8H3. The number of benzene rings is 1. The SMILES string of the molecule is COC(=O)CCc1cc(OC(C)=O)c(OC)cc1CO[Si](C)(C)C(C)(C)C. The van der Waals surface area contributed by atoms with E-state index < -0.39 is 14.3 Å². The predicted molar refractivity (Wildman–Crippen MR) is 107 cm³/mol. The minimum atomic E-state index is -1.95. The molecule has 0 aromatic heterocycles. The highest BCUT2D eigenvalue weighted by Crippen LogP contribution is 2.38. The van der Waals surface area contributed by atoms with E-state index >= 15 is 0 Å². The van der Waals surface area contributed by atoms with Crippen molar-refractivity contribution in [2.24, 2.45) is 0 Å². The summed E-state index contributed by atoms with van der Waals surface area (Å²) in [6, 6.07) is 3.56. The molecule has 0 aliphatic rings. The van der Waals surface area contributed by atoms with E-state index in [-0.39, 0.29) is 17.4 Å². The summed E-state index contributed by atoms with van der Waals surface area (Å²) in [6.07, 6.45) is 0.691. The van der Waals surface area contributed by atoms with Gasteiger partial charge in [0.25, 0.3) is 0 Å². The van der Waals surface area contributed by atoms with Crippen LogP contribution in [0.15, 0.2) is 12.1 Å². The number of carbonyl (C=O) groups is 2. The van der Waals surface area contributed by atoms with Crippen molar-refractivity contribution in [2.45, 2.75) is 65.3 Å². The summed E-state index contributed by atoms with van der Waals surface area (Å²) >= 11 is 0. The number of carbonyl (C=O) groups excluding carboxylic acids is 2. The third-order valence-electron chi connectivity index (χ3n) is 4.96. The fraction of sp³-hybridized carbons (Fsp3) is 0.600. The second kappa shape index (κ2) is 9.37. The first kappa shape index (κ1) is 23.2. The Hall–Kier alpha value is -1.86. The van der Waals surface area contributed by atoms with Crippen LogP contribution in [0.5, 0.6) is 11.5 Å². The summed E-state index contributed by atoms with van der Waals surface area (Å²) in [6.45, 7) is 12.7. The summed E-state index contributed by atoms with van der Waals surface area (Å²) in [5.74, 6) is 0.0652. The van der Waals surface area contributed by atoms with Crippen LogP contribution in [-0.4, -0.2) is 34.5 Å². The lowest BCUT2D eigenvalue weighted by molar-refractivity contribution is -0.140. The summed E-state index contributed by atoms with van der Waals surface area (Å²) in [5.41, 5.74) is 1.78. The molecular weight excluding hydrogens is 364 g/mol. The number of ether oxygens (including phenoxy) is 3. The van der Waals surface area contributed by atoms with Crippen LogP contribution in [0.4, 0.5) is 0 Å². The molecule has 152 valence electrons. The van der Waals surface area contributed by atoms with Gasteiger partial charge >= 0.3 is 11.9 Å². The van der Waals surface area contributed by atoms with Crippen LogP contribution in [0.3, 0.4) is 0 Å². The van der Waals surface area contributed by atoms with Crippen molar-refractivity contribution in [3.63, 3.8) is 0 Å². The highest BCUT2D eigenvalue weighted by atomic mass is 28.4. The van der Waals surface area contributed by atoms with Gasteiger partial charge in [0.2, 0.25) is 0 Å². The molecule has 0 aliphatic heterocycles. The lowest BCUT2D eigenvalue weighted by Crippen LogP contribution is -2.40. The van der Waals surface area contributed by atoms with Gasteiger partial charge in [0, 0.05) is 13.3 Å². The third kappa shape index (κ3) is 6.66. The Balaban J connectivity index is 3.21. The molecule has 0 radical (unpaired) electrons. The molecule has 0 amide bonds. The predicted octanol–water partition coefficient (Wildman–Crippen LogP) is 4.25. The largest absolute Gasteiger partial charge is 0.493 e. The minimum absolute atomic E-state index is 0.0843. The van der Waals surface area contributed by atoms with E-state index in [1.54, 1.807) is 6.07 Å². The number of rotatable bonds is 8. The molecular formula is C20H32O6Si. The first-order valence-electron chi connectivity index (χ1n) is 9.00. The number of esters is 2. The summed E-state index contributed by atoms with van der Waals surface area (Å²) in [7, 11) is 0.939. The summed E-state index contributed by atoms with van der Waals surface area (Å²) in [5, 5.41) is 0.0843. The Kier molecular flexibility index (Phi) is 8.04. The Bertz CT molecular complexity index is 676. The lowest BCUT2D eigenvalue weighted by atomic mass is 10.0. The second-order valence-corrected chi connectivity index (χ2v) is 12.8. The van der Waals surface area contributed by atoms with Crippen LogP contribution in [0, 0.1) is 0 Å². The molecule has 0 spiro atoms. The molecule has 0 aliphatic carbocycles. The molecule has 0 unspecified atom stereocenters. The maximum absolute atomic E-state index is 11.6.